The van der Waals surface area contributed by atoms with Gasteiger partial charge < -0.3 is 10.4 Å². The fourth-order valence-electron chi connectivity index (χ4n) is 1.81. The van der Waals surface area contributed by atoms with Crippen LogP contribution in [0.2, 0.25) is 0 Å². The molecule has 2 N–H and O–H groups in total. The number of aryl methyl sites for hydroxylation is 1. The summed E-state index contributed by atoms with van der Waals surface area (Å²) in [5.74, 6) is 0.858. The van der Waals surface area contributed by atoms with E-state index in [2.05, 4.69) is 17.3 Å². The van der Waals surface area contributed by atoms with Crippen molar-refractivity contribution in [1.29, 1.82) is 0 Å². The van der Waals surface area contributed by atoms with Gasteiger partial charge in [-0.15, -0.1) is 0 Å². The number of hydrogen-bond acceptors (Lipinski definition) is 3. The fraction of sp³-hybridized carbons (Fsp3) is 0.357. The molecule has 0 radical (unpaired) electrons. The first-order chi connectivity index (χ1) is 8.79. The number of aliphatic hydroxyl groups excluding tert-OH is 1. The molecule has 0 fully saturated rings. The first kappa shape index (κ1) is 12.6. The van der Waals surface area contributed by atoms with E-state index in [1.54, 1.807) is 0 Å². The largest absolute Gasteiger partial charge is 0.388 e. The summed E-state index contributed by atoms with van der Waals surface area (Å²) >= 11 is 0. The van der Waals surface area contributed by atoms with E-state index in [0.717, 1.165) is 17.9 Å². The van der Waals surface area contributed by atoms with Gasteiger partial charge in [-0.05, 0) is 18.9 Å². The van der Waals surface area contributed by atoms with Crippen molar-refractivity contribution in [2.45, 2.75) is 26.0 Å². The van der Waals surface area contributed by atoms with Gasteiger partial charge >= 0.3 is 0 Å². The summed E-state index contributed by atoms with van der Waals surface area (Å²) in [6.45, 7) is 3.63. The predicted molar refractivity (Wildman–Crippen MR) is 72.4 cm³/mol. The topological polar surface area (TPSA) is 50.1 Å². The molecule has 0 spiro atoms. The van der Waals surface area contributed by atoms with Crippen LogP contribution < -0.4 is 5.32 Å². The summed E-state index contributed by atoms with van der Waals surface area (Å²) in [4.78, 5) is 0. The Hall–Kier alpha value is -1.81. The molecule has 0 amide bonds. The highest BCUT2D eigenvalue weighted by Crippen LogP contribution is 2.15. The SMILES string of the molecule is CCn1ccc(NCC[C@@H](O)c2ccccc2)n1. The van der Waals surface area contributed by atoms with Crippen molar-refractivity contribution >= 4 is 5.82 Å². The standard InChI is InChI=1S/C14H19N3O/c1-2-17-11-9-14(16-17)15-10-8-13(18)12-6-4-3-5-7-12/h3-7,9,11,13,18H,2,8,10H2,1H3,(H,15,16)/t13-/m1/s1. The average Bonchev–Trinajstić information content (AvgIpc) is 2.87. The molecule has 0 aliphatic heterocycles. The van der Waals surface area contributed by atoms with Crippen molar-refractivity contribution in [2.24, 2.45) is 0 Å². The van der Waals surface area contributed by atoms with Crippen LogP contribution in [0, 0.1) is 0 Å². The zero-order valence-electron chi connectivity index (χ0n) is 10.6. The second-order valence-corrected chi connectivity index (χ2v) is 4.20. The van der Waals surface area contributed by atoms with Gasteiger partial charge in [-0.1, -0.05) is 30.3 Å². The van der Waals surface area contributed by atoms with E-state index in [0.29, 0.717) is 13.0 Å². The highest BCUT2D eigenvalue weighted by Gasteiger charge is 2.06. The monoisotopic (exact) mass is 245 g/mol. The molecule has 1 aromatic heterocycles. The second-order valence-electron chi connectivity index (χ2n) is 4.20. The van der Waals surface area contributed by atoms with Gasteiger partial charge in [-0.2, -0.15) is 5.10 Å². The number of rotatable bonds is 6. The molecule has 2 aromatic rings. The van der Waals surface area contributed by atoms with Gasteiger partial charge in [0.05, 0.1) is 6.10 Å². The molecule has 1 heterocycles. The predicted octanol–water partition coefficient (Wildman–Crippen LogP) is 2.44. The second kappa shape index (κ2) is 6.21. The minimum Gasteiger partial charge on any atom is -0.388 e. The summed E-state index contributed by atoms with van der Waals surface area (Å²) in [6.07, 6.45) is 2.19. The van der Waals surface area contributed by atoms with E-state index in [1.807, 2.05) is 47.3 Å². The van der Waals surface area contributed by atoms with Gasteiger partial charge in [0, 0.05) is 25.4 Å². The highest BCUT2D eigenvalue weighted by molar-refractivity contribution is 5.32. The van der Waals surface area contributed by atoms with E-state index in [1.165, 1.54) is 0 Å². The third kappa shape index (κ3) is 3.34. The summed E-state index contributed by atoms with van der Waals surface area (Å²) in [6, 6.07) is 11.7. The highest BCUT2D eigenvalue weighted by atomic mass is 16.3. The number of benzene rings is 1. The van der Waals surface area contributed by atoms with Crippen LogP contribution >= 0.6 is 0 Å². The third-order valence-electron chi connectivity index (χ3n) is 2.87. The fourth-order valence-corrected chi connectivity index (χ4v) is 1.81. The molecule has 2 rings (SSSR count). The molecule has 0 aliphatic rings. The Kier molecular flexibility index (Phi) is 4.36. The first-order valence-corrected chi connectivity index (χ1v) is 6.30. The van der Waals surface area contributed by atoms with Crippen molar-refractivity contribution < 1.29 is 5.11 Å². The Balaban J connectivity index is 1.78. The van der Waals surface area contributed by atoms with Crippen LogP contribution in [0.15, 0.2) is 42.6 Å². The zero-order valence-corrected chi connectivity index (χ0v) is 10.6. The Morgan fingerprint density at radius 1 is 1.28 bits per heavy atom. The van der Waals surface area contributed by atoms with Crippen molar-refractivity contribution in [1.82, 2.24) is 9.78 Å². The van der Waals surface area contributed by atoms with E-state index >= 15 is 0 Å². The van der Waals surface area contributed by atoms with Crippen LogP contribution in [-0.2, 0) is 6.54 Å². The molecule has 4 heteroatoms. The van der Waals surface area contributed by atoms with Crippen molar-refractivity contribution in [3.05, 3.63) is 48.2 Å². The molecule has 0 saturated heterocycles. The molecule has 96 valence electrons. The summed E-state index contributed by atoms with van der Waals surface area (Å²) in [7, 11) is 0. The maximum absolute atomic E-state index is 9.98. The quantitative estimate of drug-likeness (QED) is 0.822. The van der Waals surface area contributed by atoms with Crippen LogP contribution in [0.3, 0.4) is 0 Å². The molecule has 0 unspecified atom stereocenters. The molecular weight excluding hydrogens is 226 g/mol. The summed E-state index contributed by atoms with van der Waals surface area (Å²) in [5.41, 5.74) is 0.957. The number of nitrogens with one attached hydrogen (secondary N) is 1. The number of anilines is 1. The lowest BCUT2D eigenvalue weighted by Gasteiger charge is -2.11. The molecule has 4 nitrogen and oxygen atoms in total. The van der Waals surface area contributed by atoms with Crippen LogP contribution in [0.4, 0.5) is 5.82 Å². The van der Waals surface area contributed by atoms with Gasteiger partial charge in [-0.3, -0.25) is 4.68 Å². The number of hydrogen-bond donors (Lipinski definition) is 2. The zero-order chi connectivity index (χ0) is 12.8. The molecule has 0 aliphatic carbocycles. The maximum Gasteiger partial charge on any atom is 0.147 e. The Morgan fingerprint density at radius 2 is 2.06 bits per heavy atom. The molecular formula is C14H19N3O. The van der Waals surface area contributed by atoms with Crippen LogP contribution in [-0.4, -0.2) is 21.4 Å². The van der Waals surface area contributed by atoms with Crippen LogP contribution in [0.25, 0.3) is 0 Å². The number of nitrogens with zero attached hydrogens (tertiary/aromatic N) is 2. The maximum atomic E-state index is 9.98. The average molecular weight is 245 g/mol. The van der Waals surface area contributed by atoms with Crippen LogP contribution in [0.5, 0.6) is 0 Å². The smallest absolute Gasteiger partial charge is 0.147 e. The minimum absolute atomic E-state index is 0.424. The van der Waals surface area contributed by atoms with Crippen molar-refractivity contribution in [3.63, 3.8) is 0 Å². The van der Waals surface area contributed by atoms with Crippen LogP contribution in [0.1, 0.15) is 25.0 Å². The van der Waals surface area contributed by atoms with Crippen molar-refractivity contribution in [3.8, 4) is 0 Å². The Labute approximate surface area is 107 Å². The third-order valence-corrected chi connectivity index (χ3v) is 2.87. The summed E-state index contributed by atoms with van der Waals surface area (Å²) < 4.78 is 1.87. The van der Waals surface area contributed by atoms with Gasteiger partial charge in [0.1, 0.15) is 5.82 Å². The lowest BCUT2D eigenvalue weighted by Crippen LogP contribution is -2.08. The molecule has 0 bridgehead atoms. The van der Waals surface area contributed by atoms with E-state index < -0.39 is 6.10 Å². The minimum atomic E-state index is -0.424. The van der Waals surface area contributed by atoms with Gasteiger partial charge in [0.15, 0.2) is 0 Å². The number of aromatic nitrogens is 2. The van der Waals surface area contributed by atoms with E-state index in [-0.39, 0.29) is 0 Å². The first-order valence-electron chi connectivity index (χ1n) is 6.30. The normalized spacial score (nSPS) is 12.3. The molecule has 1 atom stereocenters. The van der Waals surface area contributed by atoms with Gasteiger partial charge in [0.2, 0.25) is 0 Å². The van der Waals surface area contributed by atoms with Crippen molar-refractivity contribution in [2.75, 3.05) is 11.9 Å². The molecule has 1 aromatic carbocycles. The van der Waals surface area contributed by atoms with E-state index in [4.69, 9.17) is 0 Å². The van der Waals surface area contributed by atoms with Gasteiger partial charge in [0.25, 0.3) is 0 Å². The summed E-state index contributed by atoms with van der Waals surface area (Å²) in [5, 5.41) is 17.5. The Morgan fingerprint density at radius 3 is 2.72 bits per heavy atom. The van der Waals surface area contributed by atoms with E-state index in [9.17, 15) is 5.11 Å². The van der Waals surface area contributed by atoms with Gasteiger partial charge in [-0.25, -0.2) is 0 Å². The lowest BCUT2D eigenvalue weighted by atomic mass is 10.1. The Bertz CT molecular complexity index is 467. The molecule has 18 heavy (non-hydrogen) atoms. The number of aliphatic hydroxyl groups is 1. The lowest BCUT2D eigenvalue weighted by molar-refractivity contribution is 0.171. The molecule has 0 saturated carbocycles.